The number of fused-ring (bicyclic) bond motifs is 4. The first kappa shape index (κ1) is 25.2. The molecular weight excluding hydrogens is 560 g/mol. The summed E-state index contributed by atoms with van der Waals surface area (Å²) in [6, 6.07) is 56.0. The highest BCUT2D eigenvalue weighted by Crippen LogP contribution is 2.52. The third kappa shape index (κ3) is 3.71. The van der Waals surface area contributed by atoms with Gasteiger partial charge >= 0.3 is 0 Å². The van der Waals surface area contributed by atoms with Crippen LogP contribution in [-0.2, 0) is 0 Å². The number of benzene rings is 8. The smallest absolute Gasteiger partial charge is 0.135 e. The normalized spacial score (nSPS) is 12.3. The zero-order valence-corrected chi connectivity index (χ0v) is 24.8. The molecule has 0 radical (unpaired) electrons. The molecule has 0 aliphatic carbocycles. The molecule has 8 aromatic rings. The highest BCUT2D eigenvalue weighted by molar-refractivity contribution is 6.12. The lowest BCUT2D eigenvalue weighted by Gasteiger charge is -2.24. The van der Waals surface area contributed by atoms with Crippen LogP contribution < -0.4 is 9.47 Å². The standard InChI is InChI=1S/C44H26O2/c1-3-9-27(10-4-1)31-19-21-35-37-25-29(17-23-39(37)45-41-15-7-13-33(31)43(35)41)30-18-24-40-38(26-30)36-22-20-32(28-11-5-2-6-12-28)34-14-8-16-42(46-40)44(34)36/h1-26H. The van der Waals surface area contributed by atoms with Crippen LogP contribution in [0.15, 0.2) is 158 Å². The lowest BCUT2D eigenvalue weighted by molar-refractivity contribution is 0.486. The molecule has 0 saturated carbocycles. The SMILES string of the molecule is c1ccc(-c2ccc3c4c(cccc24)Oc2ccc(-c4ccc5c(c4)-c4ccc(-c6ccccc6)c6cccc(c46)O5)cc2-3)cc1. The predicted octanol–water partition coefficient (Wildman–Crippen LogP) is 12.5. The van der Waals surface area contributed by atoms with Gasteiger partial charge in [0.2, 0.25) is 0 Å². The van der Waals surface area contributed by atoms with Crippen LogP contribution in [0, 0.1) is 0 Å². The van der Waals surface area contributed by atoms with E-state index in [2.05, 4.69) is 158 Å². The Balaban J connectivity index is 1.11. The third-order valence-electron chi connectivity index (χ3n) is 9.49. The molecule has 2 heterocycles. The van der Waals surface area contributed by atoms with Crippen molar-refractivity contribution in [2.45, 2.75) is 0 Å². The Bertz CT molecular complexity index is 2330. The summed E-state index contributed by atoms with van der Waals surface area (Å²) in [6.45, 7) is 0. The largest absolute Gasteiger partial charge is 0.456 e. The fourth-order valence-electron chi connectivity index (χ4n) is 7.36. The molecule has 2 heteroatoms. The first-order valence-electron chi connectivity index (χ1n) is 15.7. The molecule has 0 amide bonds. The molecule has 0 fully saturated rings. The Morgan fingerprint density at radius 3 is 1.15 bits per heavy atom. The van der Waals surface area contributed by atoms with E-state index in [1.54, 1.807) is 0 Å². The summed E-state index contributed by atoms with van der Waals surface area (Å²) in [5.41, 5.74) is 11.7. The highest BCUT2D eigenvalue weighted by atomic mass is 16.5. The Kier molecular flexibility index (Phi) is 5.31. The quantitative estimate of drug-likeness (QED) is 0.205. The van der Waals surface area contributed by atoms with Crippen LogP contribution in [0.4, 0.5) is 0 Å². The maximum Gasteiger partial charge on any atom is 0.135 e. The van der Waals surface area contributed by atoms with Crippen LogP contribution >= 0.6 is 0 Å². The molecule has 2 nitrogen and oxygen atoms in total. The maximum absolute atomic E-state index is 6.53. The van der Waals surface area contributed by atoms with Crippen molar-refractivity contribution in [2.75, 3.05) is 0 Å². The second kappa shape index (κ2) is 9.69. The number of ether oxygens (including phenoxy) is 2. The fraction of sp³-hybridized carbons (Fsp3) is 0. The predicted molar refractivity (Wildman–Crippen MR) is 189 cm³/mol. The average molecular weight is 587 g/mol. The van der Waals surface area contributed by atoms with Crippen LogP contribution in [-0.4, -0.2) is 0 Å². The van der Waals surface area contributed by atoms with Crippen molar-refractivity contribution < 1.29 is 9.47 Å². The average Bonchev–Trinajstić information content (AvgIpc) is 3.12. The molecule has 2 aliphatic heterocycles. The van der Waals surface area contributed by atoms with Gasteiger partial charge in [0.25, 0.3) is 0 Å². The van der Waals surface area contributed by atoms with Crippen molar-refractivity contribution in [1.82, 2.24) is 0 Å². The number of hydrogen-bond acceptors (Lipinski definition) is 2. The van der Waals surface area contributed by atoms with Crippen LogP contribution in [0.3, 0.4) is 0 Å². The van der Waals surface area contributed by atoms with Crippen molar-refractivity contribution in [3.05, 3.63) is 158 Å². The van der Waals surface area contributed by atoms with Crippen LogP contribution in [0.1, 0.15) is 0 Å². The summed E-state index contributed by atoms with van der Waals surface area (Å²) in [6.07, 6.45) is 0. The van der Waals surface area contributed by atoms with E-state index in [9.17, 15) is 0 Å². The van der Waals surface area contributed by atoms with E-state index in [4.69, 9.17) is 9.47 Å². The van der Waals surface area contributed by atoms with Crippen LogP contribution in [0.2, 0.25) is 0 Å². The monoisotopic (exact) mass is 586 g/mol. The summed E-state index contributed by atoms with van der Waals surface area (Å²) in [5.74, 6) is 3.56. The van der Waals surface area contributed by atoms with Gasteiger partial charge in [-0.1, -0.05) is 121 Å². The lowest BCUT2D eigenvalue weighted by Crippen LogP contribution is -1.99. The Hall–Kier alpha value is -6.12. The fourth-order valence-corrected chi connectivity index (χ4v) is 7.36. The van der Waals surface area contributed by atoms with E-state index in [0.29, 0.717) is 0 Å². The van der Waals surface area contributed by atoms with Crippen molar-refractivity contribution in [3.8, 4) is 78.6 Å². The molecule has 10 rings (SSSR count). The Labute approximate surface area is 266 Å². The second-order valence-electron chi connectivity index (χ2n) is 12.0. The molecule has 0 spiro atoms. The van der Waals surface area contributed by atoms with E-state index in [1.165, 1.54) is 44.2 Å². The summed E-state index contributed by atoms with van der Waals surface area (Å²) in [4.78, 5) is 0. The van der Waals surface area contributed by atoms with Gasteiger partial charge in [-0.2, -0.15) is 0 Å². The molecular formula is C44H26O2. The van der Waals surface area contributed by atoms with Crippen molar-refractivity contribution in [2.24, 2.45) is 0 Å². The molecule has 8 aromatic carbocycles. The van der Waals surface area contributed by atoms with Crippen molar-refractivity contribution >= 4 is 21.5 Å². The minimum absolute atomic E-state index is 0.879. The second-order valence-corrected chi connectivity index (χ2v) is 12.0. The number of rotatable bonds is 3. The van der Waals surface area contributed by atoms with Gasteiger partial charge in [0, 0.05) is 21.9 Å². The van der Waals surface area contributed by atoms with Gasteiger partial charge in [0.15, 0.2) is 0 Å². The van der Waals surface area contributed by atoms with Gasteiger partial charge in [0.1, 0.15) is 23.0 Å². The van der Waals surface area contributed by atoms with Crippen LogP contribution in [0.5, 0.6) is 23.0 Å². The van der Waals surface area contributed by atoms with Gasteiger partial charge in [0.05, 0.1) is 0 Å². The molecule has 0 bridgehead atoms. The van der Waals surface area contributed by atoms with E-state index in [0.717, 1.165) is 56.0 Å². The summed E-state index contributed by atoms with van der Waals surface area (Å²) >= 11 is 0. The molecule has 0 unspecified atom stereocenters. The summed E-state index contributed by atoms with van der Waals surface area (Å²) in [7, 11) is 0. The van der Waals surface area contributed by atoms with Crippen molar-refractivity contribution in [1.29, 1.82) is 0 Å². The van der Waals surface area contributed by atoms with Crippen LogP contribution in [0.25, 0.3) is 77.2 Å². The molecule has 0 N–H and O–H groups in total. The van der Waals surface area contributed by atoms with E-state index in [1.807, 2.05) is 0 Å². The first-order valence-corrected chi connectivity index (χ1v) is 15.7. The third-order valence-corrected chi connectivity index (χ3v) is 9.49. The van der Waals surface area contributed by atoms with Gasteiger partial charge in [-0.25, -0.2) is 0 Å². The highest BCUT2D eigenvalue weighted by Gasteiger charge is 2.24. The lowest BCUT2D eigenvalue weighted by atomic mass is 9.87. The first-order chi connectivity index (χ1) is 22.8. The van der Waals surface area contributed by atoms with E-state index >= 15 is 0 Å². The topological polar surface area (TPSA) is 18.5 Å². The molecule has 0 aromatic heterocycles. The van der Waals surface area contributed by atoms with Gasteiger partial charge in [-0.3, -0.25) is 0 Å². The molecule has 46 heavy (non-hydrogen) atoms. The number of hydrogen-bond donors (Lipinski definition) is 0. The zero-order chi connectivity index (χ0) is 30.2. The van der Waals surface area contributed by atoms with Crippen molar-refractivity contribution in [3.63, 3.8) is 0 Å². The minimum Gasteiger partial charge on any atom is -0.456 e. The molecule has 0 atom stereocenters. The molecule has 214 valence electrons. The van der Waals surface area contributed by atoms with E-state index < -0.39 is 0 Å². The Morgan fingerprint density at radius 1 is 0.261 bits per heavy atom. The minimum atomic E-state index is 0.879. The van der Waals surface area contributed by atoms with Gasteiger partial charge in [-0.15, -0.1) is 0 Å². The van der Waals surface area contributed by atoms with E-state index in [-0.39, 0.29) is 0 Å². The maximum atomic E-state index is 6.53. The molecule has 2 aliphatic rings. The zero-order valence-electron chi connectivity index (χ0n) is 24.8. The summed E-state index contributed by atoms with van der Waals surface area (Å²) < 4.78 is 13.1. The van der Waals surface area contributed by atoms with Gasteiger partial charge in [-0.05, 0) is 91.7 Å². The molecule has 0 saturated heterocycles. The van der Waals surface area contributed by atoms with Gasteiger partial charge < -0.3 is 9.47 Å². The Morgan fingerprint density at radius 2 is 0.696 bits per heavy atom. The summed E-state index contributed by atoms with van der Waals surface area (Å²) in [5, 5.41) is 4.71.